The molecule has 4 nitrogen and oxygen atoms in total. The van der Waals surface area contributed by atoms with Crippen LogP contribution in [0.1, 0.15) is 51.3 Å². The minimum atomic E-state index is -3.15. The second kappa shape index (κ2) is 7.80. The Bertz CT molecular complexity index is 555. The van der Waals surface area contributed by atoms with E-state index in [9.17, 15) is 8.42 Å². The first-order valence-corrected chi connectivity index (χ1v) is 9.19. The van der Waals surface area contributed by atoms with E-state index in [1.807, 2.05) is 32.0 Å². The van der Waals surface area contributed by atoms with E-state index in [-0.39, 0.29) is 17.0 Å². The van der Waals surface area contributed by atoms with Gasteiger partial charge in [0.15, 0.2) is 9.84 Å². The van der Waals surface area contributed by atoms with Gasteiger partial charge in [-0.15, -0.1) is 0 Å². The summed E-state index contributed by atoms with van der Waals surface area (Å²) in [5, 5.41) is 3.00. The van der Waals surface area contributed by atoms with Crippen LogP contribution in [0.25, 0.3) is 0 Å². The summed E-state index contributed by atoms with van der Waals surface area (Å²) >= 11 is 0. The predicted octanol–water partition coefficient (Wildman–Crippen LogP) is 3.08. The summed E-state index contributed by atoms with van der Waals surface area (Å²) in [6, 6.07) is 5.95. The fourth-order valence-corrected chi connectivity index (χ4v) is 3.67. The molecule has 0 radical (unpaired) electrons. The third-order valence-corrected chi connectivity index (χ3v) is 6.13. The molecule has 1 aromatic carbocycles. The van der Waals surface area contributed by atoms with Crippen molar-refractivity contribution in [1.82, 2.24) is 5.32 Å². The Hall–Kier alpha value is -1.07. The van der Waals surface area contributed by atoms with Gasteiger partial charge in [-0.3, -0.25) is 0 Å². The van der Waals surface area contributed by atoms with E-state index in [0.717, 1.165) is 17.7 Å². The smallest absolute Gasteiger partial charge is 0.157 e. The lowest BCUT2D eigenvalue weighted by Gasteiger charge is -2.17. The zero-order chi connectivity index (χ0) is 16.0. The van der Waals surface area contributed by atoms with E-state index in [0.29, 0.717) is 12.2 Å². The molecule has 1 aromatic rings. The van der Waals surface area contributed by atoms with Gasteiger partial charge < -0.3 is 10.1 Å². The highest BCUT2D eigenvalue weighted by Gasteiger charge is 2.22. The average Bonchev–Trinajstić information content (AvgIpc) is 2.46. The topological polar surface area (TPSA) is 55.4 Å². The highest BCUT2D eigenvalue weighted by Crippen LogP contribution is 2.26. The highest BCUT2D eigenvalue weighted by molar-refractivity contribution is 7.91. The number of methoxy groups -OCH3 is 1. The van der Waals surface area contributed by atoms with Crippen molar-refractivity contribution < 1.29 is 13.2 Å². The van der Waals surface area contributed by atoms with Crippen LogP contribution in [0.4, 0.5) is 0 Å². The molecule has 0 heterocycles. The van der Waals surface area contributed by atoms with Crippen molar-refractivity contribution in [2.75, 3.05) is 13.7 Å². The molecule has 0 aliphatic carbocycles. The summed E-state index contributed by atoms with van der Waals surface area (Å²) in [7, 11) is -1.58. The molecule has 0 aliphatic rings. The van der Waals surface area contributed by atoms with Crippen LogP contribution in [-0.4, -0.2) is 27.3 Å². The van der Waals surface area contributed by atoms with Gasteiger partial charge in [0.1, 0.15) is 5.75 Å². The first kappa shape index (κ1) is 18.0. The zero-order valence-corrected chi connectivity index (χ0v) is 14.5. The van der Waals surface area contributed by atoms with Crippen molar-refractivity contribution in [2.24, 2.45) is 0 Å². The number of ether oxygens (including phenoxy) is 1. The summed E-state index contributed by atoms with van der Waals surface area (Å²) in [6.07, 6.45) is 0.623. The van der Waals surface area contributed by atoms with Gasteiger partial charge >= 0.3 is 0 Å². The highest BCUT2D eigenvalue weighted by atomic mass is 32.2. The van der Waals surface area contributed by atoms with Gasteiger partial charge in [-0.05, 0) is 44.5 Å². The Morgan fingerprint density at radius 2 is 1.90 bits per heavy atom. The zero-order valence-electron chi connectivity index (χ0n) is 13.6. The second-order valence-corrected chi connectivity index (χ2v) is 7.80. The maximum atomic E-state index is 12.3. The normalized spacial score (nSPS) is 14.7. The van der Waals surface area contributed by atoms with Gasteiger partial charge in [0.2, 0.25) is 0 Å². The predicted molar refractivity (Wildman–Crippen MR) is 87.5 cm³/mol. The average molecular weight is 313 g/mol. The Balaban J connectivity index is 3.12. The van der Waals surface area contributed by atoms with Gasteiger partial charge in [0, 0.05) is 11.6 Å². The number of hydrogen-bond donors (Lipinski definition) is 1. The van der Waals surface area contributed by atoms with Crippen molar-refractivity contribution >= 4 is 9.84 Å². The Kier molecular flexibility index (Phi) is 6.68. The van der Waals surface area contributed by atoms with Crippen LogP contribution < -0.4 is 10.1 Å². The molecule has 0 aromatic heterocycles. The lowest BCUT2D eigenvalue weighted by molar-refractivity contribution is 0.410. The molecule has 0 spiro atoms. The fraction of sp³-hybridized carbons (Fsp3) is 0.625. The molecule has 0 bridgehead atoms. The SMILES string of the molecule is CCNC(C)c1ccc(OC)c(CS(=O)(=O)C(C)CC)c1. The maximum Gasteiger partial charge on any atom is 0.157 e. The van der Waals surface area contributed by atoms with E-state index in [2.05, 4.69) is 12.2 Å². The number of sulfone groups is 1. The van der Waals surface area contributed by atoms with Crippen LogP contribution in [-0.2, 0) is 15.6 Å². The van der Waals surface area contributed by atoms with Crippen LogP contribution >= 0.6 is 0 Å². The van der Waals surface area contributed by atoms with E-state index in [1.165, 1.54) is 0 Å². The van der Waals surface area contributed by atoms with Crippen molar-refractivity contribution in [3.63, 3.8) is 0 Å². The molecule has 21 heavy (non-hydrogen) atoms. The second-order valence-electron chi connectivity index (χ2n) is 5.38. The molecular formula is C16H27NO3S. The van der Waals surface area contributed by atoms with Crippen LogP contribution in [0.3, 0.4) is 0 Å². The molecule has 5 heteroatoms. The molecule has 0 fully saturated rings. The van der Waals surface area contributed by atoms with Crippen molar-refractivity contribution in [2.45, 2.75) is 51.2 Å². The van der Waals surface area contributed by atoms with E-state index in [4.69, 9.17) is 4.74 Å². The number of benzene rings is 1. The van der Waals surface area contributed by atoms with Crippen molar-refractivity contribution in [3.05, 3.63) is 29.3 Å². The standard InChI is InChI=1S/C16H27NO3S/c1-6-12(3)21(18,19)11-15-10-14(13(4)17-7-2)8-9-16(15)20-5/h8-10,12-13,17H,6-7,11H2,1-5H3. The quantitative estimate of drug-likeness (QED) is 0.801. The summed E-state index contributed by atoms with van der Waals surface area (Å²) in [5.74, 6) is 0.659. The molecule has 1 N–H and O–H groups in total. The van der Waals surface area contributed by atoms with Crippen molar-refractivity contribution in [1.29, 1.82) is 0 Å². The molecule has 2 atom stereocenters. The van der Waals surface area contributed by atoms with Crippen LogP contribution in [0.5, 0.6) is 5.75 Å². The minimum absolute atomic E-state index is 0.0257. The van der Waals surface area contributed by atoms with E-state index >= 15 is 0 Å². The molecule has 0 amide bonds. The Morgan fingerprint density at radius 1 is 1.24 bits per heavy atom. The monoisotopic (exact) mass is 313 g/mol. The number of rotatable bonds is 8. The van der Waals surface area contributed by atoms with Crippen molar-refractivity contribution in [3.8, 4) is 5.75 Å². The van der Waals surface area contributed by atoms with Crippen LogP contribution in [0.15, 0.2) is 18.2 Å². The van der Waals surface area contributed by atoms with Gasteiger partial charge in [0.05, 0.1) is 18.1 Å². The summed E-state index contributed by atoms with van der Waals surface area (Å²) < 4.78 is 30.0. The third-order valence-electron chi connectivity index (χ3n) is 3.86. The van der Waals surface area contributed by atoms with E-state index < -0.39 is 9.84 Å². The number of nitrogens with one attached hydrogen (secondary N) is 1. The fourth-order valence-electron chi connectivity index (χ4n) is 2.22. The van der Waals surface area contributed by atoms with Gasteiger partial charge in [-0.1, -0.05) is 19.9 Å². The van der Waals surface area contributed by atoms with Crippen LogP contribution in [0, 0.1) is 0 Å². The summed E-state index contributed by atoms with van der Waals surface area (Å²) in [5.41, 5.74) is 1.81. The third kappa shape index (κ3) is 4.71. The lowest BCUT2D eigenvalue weighted by Crippen LogP contribution is -2.20. The number of hydrogen-bond acceptors (Lipinski definition) is 4. The summed E-state index contributed by atoms with van der Waals surface area (Å²) in [4.78, 5) is 0. The lowest BCUT2D eigenvalue weighted by atomic mass is 10.0. The summed E-state index contributed by atoms with van der Waals surface area (Å²) in [6.45, 7) is 8.64. The largest absolute Gasteiger partial charge is 0.496 e. The molecule has 2 unspecified atom stereocenters. The Labute approximate surface area is 128 Å². The van der Waals surface area contributed by atoms with Crippen LogP contribution in [0.2, 0.25) is 0 Å². The molecule has 0 aliphatic heterocycles. The van der Waals surface area contributed by atoms with Gasteiger partial charge in [0.25, 0.3) is 0 Å². The molecule has 120 valence electrons. The Morgan fingerprint density at radius 3 is 2.43 bits per heavy atom. The molecule has 0 saturated carbocycles. The first-order chi connectivity index (χ1) is 9.85. The molecule has 0 saturated heterocycles. The van der Waals surface area contributed by atoms with Gasteiger partial charge in [-0.2, -0.15) is 0 Å². The maximum absolute atomic E-state index is 12.3. The first-order valence-electron chi connectivity index (χ1n) is 7.47. The van der Waals surface area contributed by atoms with E-state index in [1.54, 1.807) is 14.0 Å². The molecular weight excluding hydrogens is 286 g/mol. The van der Waals surface area contributed by atoms with Gasteiger partial charge in [-0.25, -0.2) is 8.42 Å². The minimum Gasteiger partial charge on any atom is -0.496 e. The molecule has 1 rings (SSSR count).